The lowest BCUT2D eigenvalue weighted by atomic mass is 10.2. The molecule has 160 valence electrons. The highest BCUT2D eigenvalue weighted by Gasteiger charge is 2.21. The summed E-state index contributed by atoms with van der Waals surface area (Å²) in [6, 6.07) is 10.1. The van der Waals surface area contributed by atoms with E-state index in [1.807, 2.05) is 19.9 Å². The van der Waals surface area contributed by atoms with E-state index in [2.05, 4.69) is 5.32 Å². The Morgan fingerprint density at radius 2 is 1.80 bits per heavy atom. The van der Waals surface area contributed by atoms with Gasteiger partial charge in [0.1, 0.15) is 0 Å². The highest BCUT2D eigenvalue weighted by molar-refractivity contribution is 5.92. The number of esters is 1. The van der Waals surface area contributed by atoms with Crippen LogP contribution >= 0.6 is 0 Å². The number of nitrogens with one attached hydrogen (secondary N) is 1. The van der Waals surface area contributed by atoms with Crippen molar-refractivity contribution in [3.8, 4) is 23.0 Å². The third-order valence-corrected chi connectivity index (χ3v) is 4.32. The van der Waals surface area contributed by atoms with Crippen LogP contribution in [0.3, 0.4) is 0 Å². The molecule has 0 aliphatic carbocycles. The average molecular weight is 415 g/mol. The van der Waals surface area contributed by atoms with Crippen LogP contribution in [0.2, 0.25) is 0 Å². The average Bonchev–Trinajstić information content (AvgIpc) is 3.19. The molecule has 0 saturated carbocycles. The van der Waals surface area contributed by atoms with Crippen LogP contribution in [0.1, 0.15) is 36.7 Å². The van der Waals surface area contributed by atoms with Crippen molar-refractivity contribution in [2.24, 2.45) is 0 Å². The molecule has 0 fully saturated rings. The monoisotopic (exact) mass is 415 g/mol. The van der Waals surface area contributed by atoms with E-state index in [0.29, 0.717) is 23.0 Å². The smallest absolute Gasteiger partial charge is 0.339 e. The lowest BCUT2D eigenvalue weighted by Gasteiger charge is -2.16. The number of methoxy groups -OCH3 is 1. The second-order valence-corrected chi connectivity index (χ2v) is 6.99. The first-order valence-electron chi connectivity index (χ1n) is 9.59. The molecule has 0 saturated heterocycles. The Morgan fingerprint density at radius 3 is 2.53 bits per heavy atom. The molecule has 2 aromatic rings. The molecule has 0 radical (unpaired) electrons. The van der Waals surface area contributed by atoms with Gasteiger partial charge in [-0.25, -0.2) is 4.79 Å². The van der Waals surface area contributed by atoms with E-state index in [-0.39, 0.29) is 25.0 Å². The molecule has 1 heterocycles. The Kier molecular flexibility index (Phi) is 6.66. The Hall–Kier alpha value is -3.42. The minimum atomic E-state index is -0.968. The number of rotatable bonds is 8. The topological polar surface area (TPSA) is 92.3 Å². The van der Waals surface area contributed by atoms with Crippen LogP contribution in [0, 0.1) is 0 Å². The fraction of sp³-hybridized carbons (Fsp3) is 0.364. The molecule has 1 atom stereocenters. The SMILES string of the molecule is COc1cc(C(=O)OC(C)C(=O)NCc2ccc3c(c2)OCO3)ccc1OC(C)C. The molecule has 8 heteroatoms. The molecule has 1 N–H and O–H groups in total. The number of hydrogen-bond donors (Lipinski definition) is 1. The largest absolute Gasteiger partial charge is 0.493 e. The van der Waals surface area contributed by atoms with E-state index in [4.69, 9.17) is 23.7 Å². The second kappa shape index (κ2) is 9.39. The normalized spacial score (nSPS) is 13.0. The van der Waals surface area contributed by atoms with Crippen molar-refractivity contribution in [2.75, 3.05) is 13.9 Å². The molecule has 1 aliphatic heterocycles. The van der Waals surface area contributed by atoms with Gasteiger partial charge in [-0.3, -0.25) is 4.79 Å². The van der Waals surface area contributed by atoms with Crippen molar-refractivity contribution in [1.82, 2.24) is 5.32 Å². The van der Waals surface area contributed by atoms with Gasteiger partial charge in [-0.15, -0.1) is 0 Å². The Bertz CT molecular complexity index is 926. The van der Waals surface area contributed by atoms with Crippen LogP contribution in [-0.4, -0.2) is 38.0 Å². The first-order valence-corrected chi connectivity index (χ1v) is 9.59. The molecule has 3 rings (SSSR count). The summed E-state index contributed by atoms with van der Waals surface area (Å²) >= 11 is 0. The molecule has 8 nitrogen and oxygen atoms in total. The molecule has 30 heavy (non-hydrogen) atoms. The zero-order chi connectivity index (χ0) is 21.7. The van der Waals surface area contributed by atoms with Crippen LogP contribution in [0.25, 0.3) is 0 Å². The second-order valence-electron chi connectivity index (χ2n) is 6.99. The molecular formula is C22H25NO7. The third kappa shape index (κ3) is 5.14. The minimum absolute atomic E-state index is 0.0369. The van der Waals surface area contributed by atoms with Gasteiger partial charge in [0.25, 0.3) is 5.91 Å². The zero-order valence-electron chi connectivity index (χ0n) is 17.4. The number of carbonyl (C=O) groups excluding carboxylic acids is 2. The molecule has 0 aromatic heterocycles. The van der Waals surface area contributed by atoms with E-state index in [1.54, 1.807) is 24.3 Å². The van der Waals surface area contributed by atoms with Crippen molar-refractivity contribution < 1.29 is 33.3 Å². The maximum Gasteiger partial charge on any atom is 0.339 e. The van der Waals surface area contributed by atoms with Crippen LogP contribution in [0.4, 0.5) is 0 Å². The van der Waals surface area contributed by atoms with Gasteiger partial charge >= 0.3 is 5.97 Å². The van der Waals surface area contributed by atoms with Crippen LogP contribution < -0.4 is 24.3 Å². The number of benzene rings is 2. The molecule has 2 aromatic carbocycles. The van der Waals surface area contributed by atoms with E-state index in [1.165, 1.54) is 20.1 Å². The molecular weight excluding hydrogens is 390 g/mol. The van der Waals surface area contributed by atoms with Crippen molar-refractivity contribution in [3.05, 3.63) is 47.5 Å². The quantitative estimate of drug-likeness (QED) is 0.663. The lowest BCUT2D eigenvalue weighted by molar-refractivity contribution is -0.129. The number of amides is 1. The molecule has 1 unspecified atom stereocenters. The van der Waals surface area contributed by atoms with Crippen molar-refractivity contribution >= 4 is 11.9 Å². The highest BCUT2D eigenvalue weighted by Crippen LogP contribution is 2.32. The summed E-state index contributed by atoms with van der Waals surface area (Å²) in [5.41, 5.74) is 1.11. The van der Waals surface area contributed by atoms with E-state index in [9.17, 15) is 9.59 Å². The maximum atomic E-state index is 12.4. The summed E-state index contributed by atoms with van der Waals surface area (Å²) < 4.78 is 26.8. The van der Waals surface area contributed by atoms with Gasteiger partial charge in [-0.2, -0.15) is 0 Å². The maximum absolute atomic E-state index is 12.4. The van der Waals surface area contributed by atoms with Gasteiger partial charge in [0.15, 0.2) is 29.1 Å². The van der Waals surface area contributed by atoms with Gasteiger partial charge in [0.2, 0.25) is 6.79 Å². The third-order valence-electron chi connectivity index (χ3n) is 4.32. The fourth-order valence-electron chi connectivity index (χ4n) is 2.81. The highest BCUT2D eigenvalue weighted by atomic mass is 16.7. The van der Waals surface area contributed by atoms with E-state index < -0.39 is 18.0 Å². The fourth-order valence-corrected chi connectivity index (χ4v) is 2.81. The minimum Gasteiger partial charge on any atom is -0.493 e. The Labute approximate surface area is 175 Å². The van der Waals surface area contributed by atoms with E-state index >= 15 is 0 Å². The number of fused-ring (bicyclic) bond motifs is 1. The van der Waals surface area contributed by atoms with Gasteiger partial charge < -0.3 is 29.0 Å². The summed E-state index contributed by atoms with van der Waals surface area (Å²) in [7, 11) is 1.49. The molecule has 0 bridgehead atoms. The summed E-state index contributed by atoms with van der Waals surface area (Å²) in [6.45, 7) is 5.76. The standard InChI is InChI=1S/C22H25NO7/c1-13(2)29-18-8-6-16(10-19(18)26-4)22(25)30-14(3)21(24)23-11-15-5-7-17-20(9-15)28-12-27-17/h5-10,13-14H,11-12H2,1-4H3,(H,23,24). The molecule has 0 spiro atoms. The van der Waals surface area contributed by atoms with Crippen LogP contribution in [-0.2, 0) is 16.1 Å². The predicted octanol–water partition coefficient (Wildman–Crippen LogP) is 3.07. The summed E-state index contributed by atoms with van der Waals surface area (Å²) in [5.74, 6) is 1.21. The Balaban J connectivity index is 1.56. The van der Waals surface area contributed by atoms with Crippen molar-refractivity contribution in [2.45, 2.75) is 39.5 Å². The summed E-state index contributed by atoms with van der Waals surface area (Å²) in [6.07, 6.45) is -1.01. The molecule has 1 aliphatic rings. The number of carbonyl (C=O) groups is 2. The first-order chi connectivity index (χ1) is 14.4. The van der Waals surface area contributed by atoms with Gasteiger partial charge in [-0.05, 0) is 56.7 Å². The predicted molar refractivity (Wildman–Crippen MR) is 108 cm³/mol. The van der Waals surface area contributed by atoms with Crippen LogP contribution in [0.15, 0.2) is 36.4 Å². The van der Waals surface area contributed by atoms with E-state index in [0.717, 1.165) is 5.56 Å². The van der Waals surface area contributed by atoms with Gasteiger partial charge in [0, 0.05) is 6.54 Å². The van der Waals surface area contributed by atoms with Crippen molar-refractivity contribution in [1.29, 1.82) is 0 Å². The number of ether oxygens (including phenoxy) is 5. The van der Waals surface area contributed by atoms with Gasteiger partial charge in [0.05, 0.1) is 18.8 Å². The van der Waals surface area contributed by atoms with Crippen LogP contribution in [0.5, 0.6) is 23.0 Å². The first kappa shape index (κ1) is 21.3. The molecule has 1 amide bonds. The number of hydrogen-bond acceptors (Lipinski definition) is 7. The van der Waals surface area contributed by atoms with Gasteiger partial charge in [-0.1, -0.05) is 6.07 Å². The zero-order valence-corrected chi connectivity index (χ0v) is 17.4. The summed E-state index contributed by atoms with van der Waals surface area (Å²) in [5, 5.41) is 2.74. The summed E-state index contributed by atoms with van der Waals surface area (Å²) in [4.78, 5) is 24.8. The Morgan fingerprint density at radius 1 is 1.03 bits per heavy atom. The lowest BCUT2D eigenvalue weighted by Crippen LogP contribution is -2.35. The van der Waals surface area contributed by atoms with Crippen molar-refractivity contribution in [3.63, 3.8) is 0 Å².